The molecule has 0 aliphatic carbocycles. The number of nitrogens with one attached hydrogen (secondary N) is 2. The first kappa shape index (κ1) is 15.1. The smallest absolute Gasteiger partial charge is 0.240 e. The quantitative estimate of drug-likeness (QED) is 0.756. The van der Waals surface area contributed by atoms with Crippen LogP contribution in [0.2, 0.25) is 0 Å². The molecule has 7 heteroatoms. The minimum absolute atomic E-state index is 0.0329. The van der Waals surface area contributed by atoms with Crippen molar-refractivity contribution in [3.8, 4) is 0 Å². The fourth-order valence-electron chi connectivity index (χ4n) is 1.93. The Hall–Kier alpha value is -1.28. The van der Waals surface area contributed by atoms with Gasteiger partial charge >= 0.3 is 0 Å². The summed E-state index contributed by atoms with van der Waals surface area (Å²) in [4.78, 5) is 11.4. The Kier molecular flexibility index (Phi) is 4.87. The molecule has 1 saturated heterocycles. The minimum Gasteiger partial charge on any atom is -0.378 e. The second-order valence-corrected chi connectivity index (χ2v) is 6.43. The lowest BCUT2D eigenvalue weighted by atomic mass is 10.2. The number of sulfonamides is 1. The molecule has 0 aromatic heterocycles. The van der Waals surface area contributed by atoms with E-state index in [-0.39, 0.29) is 23.3 Å². The van der Waals surface area contributed by atoms with Crippen LogP contribution in [0.25, 0.3) is 0 Å². The van der Waals surface area contributed by atoms with Crippen LogP contribution in [0, 0.1) is 0 Å². The molecule has 1 atom stereocenters. The van der Waals surface area contributed by atoms with Crippen LogP contribution in [0.4, 0.5) is 0 Å². The van der Waals surface area contributed by atoms with Gasteiger partial charge in [-0.15, -0.1) is 0 Å². The van der Waals surface area contributed by atoms with Gasteiger partial charge in [0.2, 0.25) is 10.0 Å². The van der Waals surface area contributed by atoms with Crippen molar-refractivity contribution in [2.45, 2.75) is 17.9 Å². The normalized spacial score (nSPS) is 19.8. The first-order valence-corrected chi connectivity index (χ1v) is 7.89. The van der Waals surface area contributed by atoms with Crippen molar-refractivity contribution in [1.29, 1.82) is 0 Å². The van der Waals surface area contributed by atoms with E-state index in [0.717, 1.165) is 0 Å². The summed E-state index contributed by atoms with van der Waals surface area (Å²) in [6.07, 6.45) is 0. The number of benzene rings is 1. The molecular weight excluding hydrogens is 280 g/mol. The maximum absolute atomic E-state index is 12.2. The Bertz CT molecular complexity index is 580. The van der Waals surface area contributed by atoms with E-state index < -0.39 is 10.0 Å². The molecule has 1 aliphatic rings. The van der Waals surface area contributed by atoms with Crippen molar-refractivity contribution in [2.24, 2.45) is 0 Å². The molecule has 1 aliphatic heterocycles. The summed E-state index contributed by atoms with van der Waals surface area (Å²) in [7, 11) is -3.61. The van der Waals surface area contributed by atoms with E-state index in [1.165, 1.54) is 19.1 Å². The maximum atomic E-state index is 12.2. The molecule has 1 fully saturated rings. The number of hydrogen-bond acceptors (Lipinski definition) is 5. The molecule has 0 amide bonds. The highest BCUT2D eigenvalue weighted by Gasteiger charge is 2.19. The molecule has 0 bridgehead atoms. The van der Waals surface area contributed by atoms with Crippen molar-refractivity contribution in [2.75, 3.05) is 26.3 Å². The fraction of sp³-hybridized carbons (Fsp3) is 0.462. The molecule has 20 heavy (non-hydrogen) atoms. The number of Topliss-reactive ketones (excluding diaryl/α,β-unsaturated/α-hetero) is 1. The highest BCUT2D eigenvalue weighted by atomic mass is 32.2. The van der Waals surface area contributed by atoms with Gasteiger partial charge in [-0.05, 0) is 19.1 Å². The van der Waals surface area contributed by atoms with E-state index in [1.807, 2.05) is 0 Å². The Balaban J connectivity index is 2.05. The number of rotatable bonds is 5. The Morgan fingerprint density at radius 2 is 2.30 bits per heavy atom. The van der Waals surface area contributed by atoms with Crippen LogP contribution >= 0.6 is 0 Å². The number of ether oxygens (including phenoxy) is 1. The second kappa shape index (κ2) is 6.45. The molecule has 110 valence electrons. The van der Waals surface area contributed by atoms with Gasteiger partial charge in [0.25, 0.3) is 0 Å². The SMILES string of the molecule is CC(=O)c1cccc(S(=O)(=O)NCC2COCCN2)c1. The lowest BCUT2D eigenvalue weighted by Gasteiger charge is -2.23. The van der Waals surface area contributed by atoms with E-state index in [4.69, 9.17) is 4.74 Å². The summed E-state index contributed by atoms with van der Waals surface area (Å²) >= 11 is 0. The van der Waals surface area contributed by atoms with Crippen LogP contribution in [0.15, 0.2) is 29.2 Å². The van der Waals surface area contributed by atoms with E-state index in [2.05, 4.69) is 10.0 Å². The fourth-order valence-corrected chi connectivity index (χ4v) is 3.05. The van der Waals surface area contributed by atoms with Gasteiger partial charge < -0.3 is 10.1 Å². The molecule has 2 rings (SSSR count). The van der Waals surface area contributed by atoms with Crippen LogP contribution in [0.5, 0.6) is 0 Å². The Morgan fingerprint density at radius 3 is 2.95 bits per heavy atom. The number of hydrogen-bond donors (Lipinski definition) is 2. The topological polar surface area (TPSA) is 84.5 Å². The van der Waals surface area contributed by atoms with Crippen molar-refractivity contribution in [3.05, 3.63) is 29.8 Å². The average molecular weight is 298 g/mol. The van der Waals surface area contributed by atoms with Gasteiger partial charge in [0, 0.05) is 24.7 Å². The van der Waals surface area contributed by atoms with E-state index >= 15 is 0 Å². The summed E-state index contributed by atoms with van der Waals surface area (Å²) < 4.78 is 32.1. The lowest BCUT2D eigenvalue weighted by molar-refractivity contribution is 0.0784. The predicted molar refractivity (Wildman–Crippen MR) is 74.2 cm³/mol. The van der Waals surface area contributed by atoms with Gasteiger partial charge in [-0.3, -0.25) is 4.79 Å². The van der Waals surface area contributed by atoms with Crippen molar-refractivity contribution in [1.82, 2.24) is 10.0 Å². The molecule has 1 unspecified atom stereocenters. The number of morpholine rings is 1. The molecular formula is C13H18N2O4S. The molecule has 2 N–H and O–H groups in total. The van der Waals surface area contributed by atoms with Gasteiger partial charge in [-0.25, -0.2) is 13.1 Å². The third-order valence-electron chi connectivity index (χ3n) is 3.07. The van der Waals surface area contributed by atoms with Crippen LogP contribution < -0.4 is 10.0 Å². The van der Waals surface area contributed by atoms with Gasteiger partial charge in [-0.2, -0.15) is 0 Å². The largest absolute Gasteiger partial charge is 0.378 e. The molecule has 1 heterocycles. The highest BCUT2D eigenvalue weighted by Crippen LogP contribution is 2.12. The van der Waals surface area contributed by atoms with Gasteiger partial charge in [-0.1, -0.05) is 12.1 Å². The number of carbonyl (C=O) groups is 1. The summed E-state index contributed by atoms with van der Waals surface area (Å²) in [5.74, 6) is -0.163. The number of carbonyl (C=O) groups excluding carboxylic acids is 1. The molecule has 0 spiro atoms. The summed E-state index contributed by atoms with van der Waals surface area (Å²) in [6.45, 7) is 3.50. The number of ketones is 1. The van der Waals surface area contributed by atoms with Gasteiger partial charge in [0.1, 0.15) is 0 Å². The van der Waals surface area contributed by atoms with Crippen LogP contribution in [-0.2, 0) is 14.8 Å². The Labute approximate surface area is 118 Å². The zero-order chi connectivity index (χ0) is 14.6. The van der Waals surface area contributed by atoms with Crippen LogP contribution in [-0.4, -0.2) is 46.5 Å². The molecule has 1 aromatic carbocycles. The monoisotopic (exact) mass is 298 g/mol. The van der Waals surface area contributed by atoms with Crippen molar-refractivity contribution < 1.29 is 17.9 Å². The molecule has 0 saturated carbocycles. The molecule has 0 radical (unpaired) electrons. The lowest BCUT2D eigenvalue weighted by Crippen LogP contribution is -2.48. The van der Waals surface area contributed by atoms with E-state index in [1.54, 1.807) is 12.1 Å². The van der Waals surface area contributed by atoms with E-state index in [9.17, 15) is 13.2 Å². The zero-order valence-electron chi connectivity index (χ0n) is 11.3. The van der Waals surface area contributed by atoms with E-state index in [0.29, 0.717) is 25.3 Å². The molecule has 6 nitrogen and oxygen atoms in total. The standard InChI is InChI=1S/C13H18N2O4S/c1-10(16)11-3-2-4-13(7-11)20(17,18)15-8-12-9-19-6-5-14-12/h2-4,7,12,14-15H,5-6,8-9H2,1H3. The maximum Gasteiger partial charge on any atom is 0.240 e. The third kappa shape index (κ3) is 3.86. The first-order valence-electron chi connectivity index (χ1n) is 6.41. The van der Waals surface area contributed by atoms with Crippen LogP contribution in [0.3, 0.4) is 0 Å². The summed E-state index contributed by atoms with van der Waals surface area (Å²) in [5, 5.41) is 3.17. The van der Waals surface area contributed by atoms with Gasteiger partial charge in [0.05, 0.1) is 18.1 Å². The third-order valence-corrected chi connectivity index (χ3v) is 4.49. The highest BCUT2D eigenvalue weighted by molar-refractivity contribution is 7.89. The first-order chi connectivity index (χ1) is 9.49. The predicted octanol–water partition coefficient (Wildman–Crippen LogP) is 0.156. The Morgan fingerprint density at radius 1 is 1.50 bits per heavy atom. The minimum atomic E-state index is -3.61. The summed E-state index contributed by atoms with van der Waals surface area (Å²) in [5.41, 5.74) is 0.381. The molecule has 1 aromatic rings. The summed E-state index contributed by atoms with van der Waals surface area (Å²) in [6, 6.07) is 5.98. The van der Waals surface area contributed by atoms with Crippen molar-refractivity contribution in [3.63, 3.8) is 0 Å². The second-order valence-electron chi connectivity index (χ2n) is 4.66. The van der Waals surface area contributed by atoms with Crippen molar-refractivity contribution >= 4 is 15.8 Å². The van der Waals surface area contributed by atoms with Crippen LogP contribution in [0.1, 0.15) is 17.3 Å². The van der Waals surface area contributed by atoms with Gasteiger partial charge in [0.15, 0.2) is 5.78 Å². The average Bonchev–Trinajstić information content (AvgIpc) is 2.46. The zero-order valence-corrected chi connectivity index (χ0v) is 12.1.